The van der Waals surface area contributed by atoms with Crippen LogP contribution in [-0.2, 0) is 9.84 Å². The fourth-order valence-corrected chi connectivity index (χ4v) is 5.83. The van der Waals surface area contributed by atoms with Gasteiger partial charge in [-0.05, 0) is 6.92 Å². The van der Waals surface area contributed by atoms with Crippen molar-refractivity contribution < 1.29 is 8.42 Å². The highest BCUT2D eigenvalue weighted by Gasteiger charge is 2.47. The lowest BCUT2D eigenvalue weighted by Crippen LogP contribution is -2.36. The van der Waals surface area contributed by atoms with E-state index < -0.39 is 9.84 Å². The van der Waals surface area contributed by atoms with Gasteiger partial charge >= 0.3 is 0 Å². The molecule has 0 aromatic rings. The Bertz CT molecular complexity index is 344. The van der Waals surface area contributed by atoms with E-state index >= 15 is 0 Å². The van der Waals surface area contributed by atoms with Gasteiger partial charge in [-0.15, -0.1) is 17.0 Å². The highest BCUT2D eigenvalue weighted by atomic mass is 79.9. The highest BCUT2D eigenvalue weighted by molar-refractivity contribution is 8.93. The fraction of sp³-hybridized carbons (Fsp3) is 0.857. The van der Waals surface area contributed by atoms with Gasteiger partial charge in [0.05, 0.1) is 17.5 Å². The van der Waals surface area contributed by atoms with Gasteiger partial charge in [0, 0.05) is 11.8 Å². The number of nitrogens with zero attached hydrogens (tertiary/aromatic N) is 1. The molecule has 0 unspecified atom stereocenters. The van der Waals surface area contributed by atoms with E-state index in [1.165, 1.54) is 11.8 Å². The highest BCUT2D eigenvalue weighted by Crippen LogP contribution is 2.36. The first-order valence-corrected chi connectivity index (χ1v) is 6.96. The molecule has 2 fully saturated rings. The van der Waals surface area contributed by atoms with Gasteiger partial charge in [0.2, 0.25) is 0 Å². The van der Waals surface area contributed by atoms with Crippen LogP contribution in [0, 0.1) is 5.41 Å². The van der Waals surface area contributed by atoms with Gasteiger partial charge in [0.25, 0.3) is 0 Å². The van der Waals surface area contributed by atoms with Crippen molar-refractivity contribution in [2.75, 3.05) is 18.1 Å². The van der Waals surface area contributed by atoms with E-state index in [9.17, 15) is 8.42 Å². The van der Waals surface area contributed by atoms with Crippen molar-refractivity contribution >= 4 is 43.7 Å². The van der Waals surface area contributed by atoms with Crippen LogP contribution in [0.25, 0.3) is 0 Å². The third kappa shape index (κ3) is 1.94. The molecule has 4 nitrogen and oxygen atoms in total. The van der Waals surface area contributed by atoms with E-state index in [1.54, 1.807) is 0 Å². The number of sulfone groups is 1. The summed E-state index contributed by atoms with van der Waals surface area (Å²) >= 11 is 1.40. The van der Waals surface area contributed by atoms with Crippen LogP contribution in [0.3, 0.4) is 0 Å². The maximum Gasteiger partial charge on any atom is 0.157 e. The molecule has 0 aliphatic carbocycles. The van der Waals surface area contributed by atoms with Gasteiger partial charge in [0.15, 0.2) is 15.0 Å². The summed E-state index contributed by atoms with van der Waals surface area (Å²) in [6.45, 7) is 2.70. The second-order valence-corrected chi connectivity index (χ2v) is 6.77. The van der Waals surface area contributed by atoms with Gasteiger partial charge in [0.1, 0.15) is 0 Å². The lowest BCUT2D eigenvalue weighted by molar-refractivity contribution is 0.373. The largest absolute Gasteiger partial charge is 0.347 e. The number of fused-ring (bicyclic) bond motifs is 1. The molecule has 0 aromatic heterocycles. The standard InChI is InChI=1S/C7H12N2O2S2.BrH/c1-2-9-5-3-13(10,11)4-6(5)12-7(9)8;/h5-6,8H,2-4H2,1H3;1H/t5-,6+;/m0./s1. The maximum atomic E-state index is 11.3. The van der Waals surface area contributed by atoms with E-state index in [0.717, 1.165) is 6.54 Å². The number of thioether (sulfide) groups is 1. The molecule has 1 N–H and O–H groups in total. The maximum absolute atomic E-state index is 11.3. The molecule has 2 aliphatic heterocycles. The van der Waals surface area contributed by atoms with Crippen LogP contribution in [-0.4, -0.2) is 47.8 Å². The van der Waals surface area contributed by atoms with Crippen LogP contribution in [0.15, 0.2) is 0 Å². The monoisotopic (exact) mass is 300 g/mol. The lowest BCUT2D eigenvalue weighted by Gasteiger charge is -2.21. The van der Waals surface area contributed by atoms with Crippen LogP contribution >= 0.6 is 28.7 Å². The Hall–Kier alpha value is 0.250. The Morgan fingerprint density at radius 3 is 2.79 bits per heavy atom. The van der Waals surface area contributed by atoms with Gasteiger partial charge in [-0.3, -0.25) is 5.41 Å². The first-order valence-electron chi connectivity index (χ1n) is 4.26. The number of hydrogen-bond acceptors (Lipinski definition) is 4. The van der Waals surface area contributed by atoms with Crippen molar-refractivity contribution in [3.05, 3.63) is 0 Å². The van der Waals surface area contributed by atoms with Crippen molar-refractivity contribution in [1.29, 1.82) is 5.41 Å². The number of halogens is 1. The van der Waals surface area contributed by atoms with Gasteiger partial charge in [-0.25, -0.2) is 8.42 Å². The molecule has 0 saturated carbocycles. The quantitative estimate of drug-likeness (QED) is 0.776. The minimum absolute atomic E-state index is 0. The number of amidine groups is 1. The lowest BCUT2D eigenvalue weighted by atomic mass is 10.2. The molecule has 0 radical (unpaired) electrons. The summed E-state index contributed by atoms with van der Waals surface area (Å²) in [5.74, 6) is 0.488. The minimum Gasteiger partial charge on any atom is -0.347 e. The molecule has 2 saturated heterocycles. The average Bonchev–Trinajstić information content (AvgIpc) is 2.39. The fourth-order valence-electron chi connectivity index (χ4n) is 1.94. The second kappa shape index (κ2) is 4.02. The molecule has 2 heterocycles. The summed E-state index contributed by atoms with van der Waals surface area (Å²) in [5.41, 5.74) is 0. The predicted octanol–water partition coefficient (Wildman–Crippen LogP) is 0.733. The number of nitrogens with one attached hydrogen (secondary N) is 1. The Morgan fingerprint density at radius 1 is 1.57 bits per heavy atom. The molecule has 0 bridgehead atoms. The van der Waals surface area contributed by atoms with E-state index in [0.29, 0.717) is 5.17 Å². The summed E-state index contributed by atoms with van der Waals surface area (Å²) in [5, 5.41) is 8.27. The zero-order chi connectivity index (χ0) is 9.64. The summed E-state index contributed by atoms with van der Waals surface area (Å²) in [7, 11) is -2.83. The van der Waals surface area contributed by atoms with Crippen LogP contribution in [0.1, 0.15) is 6.92 Å². The van der Waals surface area contributed by atoms with Crippen molar-refractivity contribution in [1.82, 2.24) is 4.90 Å². The zero-order valence-electron chi connectivity index (χ0n) is 7.76. The van der Waals surface area contributed by atoms with Crippen LogP contribution < -0.4 is 0 Å². The Labute approximate surface area is 98.6 Å². The molecule has 0 spiro atoms. The van der Waals surface area contributed by atoms with Crippen molar-refractivity contribution in [2.24, 2.45) is 0 Å². The molecule has 7 heteroatoms. The molecular formula is C7H13BrN2O2S2. The van der Waals surface area contributed by atoms with Crippen LogP contribution in [0.2, 0.25) is 0 Å². The van der Waals surface area contributed by atoms with Crippen LogP contribution in [0.4, 0.5) is 0 Å². The van der Waals surface area contributed by atoms with Crippen molar-refractivity contribution in [3.63, 3.8) is 0 Å². The van der Waals surface area contributed by atoms with Gasteiger partial charge < -0.3 is 4.90 Å². The summed E-state index contributed by atoms with van der Waals surface area (Å²) in [6, 6.07) is 0.0625. The summed E-state index contributed by atoms with van der Waals surface area (Å²) in [4.78, 5) is 1.89. The van der Waals surface area contributed by atoms with E-state index in [2.05, 4.69) is 0 Å². The molecule has 2 aliphatic rings. The average molecular weight is 301 g/mol. The number of rotatable bonds is 1. The molecule has 0 aromatic carbocycles. The smallest absolute Gasteiger partial charge is 0.157 e. The molecule has 2 rings (SSSR count). The third-order valence-corrected chi connectivity index (χ3v) is 5.71. The van der Waals surface area contributed by atoms with Crippen molar-refractivity contribution in [3.8, 4) is 0 Å². The van der Waals surface area contributed by atoms with Crippen molar-refractivity contribution in [2.45, 2.75) is 18.2 Å². The molecule has 14 heavy (non-hydrogen) atoms. The molecule has 82 valence electrons. The molecule has 2 atom stereocenters. The first-order chi connectivity index (χ1) is 6.03. The summed E-state index contributed by atoms with van der Waals surface area (Å²) in [6.07, 6.45) is 0. The first kappa shape index (κ1) is 12.3. The predicted molar refractivity (Wildman–Crippen MR) is 64.2 cm³/mol. The normalized spacial score (nSPS) is 34.1. The second-order valence-electron chi connectivity index (χ2n) is 3.39. The van der Waals surface area contributed by atoms with E-state index in [4.69, 9.17) is 5.41 Å². The Morgan fingerprint density at radius 2 is 2.21 bits per heavy atom. The minimum atomic E-state index is -2.83. The zero-order valence-corrected chi connectivity index (χ0v) is 11.1. The molecule has 0 amide bonds. The van der Waals surface area contributed by atoms with E-state index in [1.807, 2.05) is 11.8 Å². The number of hydrogen-bond donors (Lipinski definition) is 1. The van der Waals surface area contributed by atoms with Gasteiger partial charge in [-0.1, -0.05) is 11.8 Å². The third-order valence-electron chi connectivity index (χ3n) is 2.54. The van der Waals surface area contributed by atoms with E-state index in [-0.39, 0.29) is 39.8 Å². The molecular weight excluding hydrogens is 288 g/mol. The Kier molecular flexibility index (Phi) is 3.53. The Balaban J connectivity index is 0.000000980. The SMILES string of the molecule is Br.CCN1C(=N)S[C@@H]2CS(=O)(=O)C[C@@H]21. The van der Waals surface area contributed by atoms with Crippen LogP contribution in [0.5, 0.6) is 0 Å². The topological polar surface area (TPSA) is 61.2 Å². The van der Waals surface area contributed by atoms with Gasteiger partial charge in [-0.2, -0.15) is 0 Å². The summed E-state index contributed by atoms with van der Waals surface area (Å²) < 4.78 is 22.6.